The molecule has 3 nitrogen and oxygen atoms in total. The van der Waals surface area contributed by atoms with E-state index in [4.69, 9.17) is 16.7 Å². The zero-order valence-electron chi connectivity index (χ0n) is 9.20. The third-order valence-corrected chi connectivity index (χ3v) is 3.34. The SMILES string of the molecule is O=C(O)C1(F)CCCN(c2ccccc2Cl)C1. The molecular formula is C12H13ClFNO2. The molecule has 1 fully saturated rings. The third kappa shape index (κ3) is 2.36. The van der Waals surface area contributed by atoms with Crippen LogP contribution < -0.4 is 4.90 Å². The molecule has 1 saturated heterocycles. The van der Waals surface area contributed by atoms with Crippen molar-refractivity contribution in [1.82, 2.24) is 0 Å². The first-order valence-corrected chi connectivity index (χ1v) is 5.82. The molecule has 0 aromatic heterocycles. The number of alkyl halides is 1. The summed E-state index contributed by atoms with van der Waals surface area (Å²) in [5, 5.41) is 9.41. The number of para-hydroxylation sites is 1. The minimum absolute atomic E-state index is 0.0588. The molecular weight excluding hydrogens is 245 g/mol. The molecule has 1 heterocycles. The molecule has 0 amide bonds. The van der Waals surface area contributed by atoms with Crippen molar-refractivity contribution in [3.05, 3.63) is 29.3 Å². The van der Waals surface area contributed by atoms with Crippen LogP contribution in [0.1, 0.15) is 12.8 Å². The standard InChI is InChI=1S/C12H13ClFNO2/c13-9-4-1-2-5-10(9)15-7-3-6-12(14,8-15)11(16)17/h1-2,4-5H,3,6-8H2,(H,16,17). The average Bonchev–Trinajstić information content (AvgIpc) is 2.29. The summed E-state index contributed by atoms with van der Waals surface area (Å²) in [7, 11) is 0. The van der Waals surface area contributed by atoms with E-state index in [9.17, 15) is 9.18 Å². The van der Waals surface area contributed by atoms with Gasteiger partial charge < -0.3 is 10.0 Å². The van der Waals surface area contributed by atoms with Crippen molar-refractivity contribution in [2.45, 2.75) is 18.5 Å². The van der Waals surface area contributed by atoms with Crippen molar-refractivity contribution >= 4 is 23.3 Å². The molecule has 0 bridgehead atoms. The number of hydrogen-bond donors (Lipinski definition) is 1. The first kappa shape index (κ1) is 12.2. The Hall–Kier alpha value is -1.29. The number of benzene rings is 1. The topological polar surface area (TPSA) is 40.5 Å². The fraction of sp³-hybridized carbons (Fsp3) is 0.417. The lowest BCUT2D eigenvalue weighted by Crippen LogP contribution is -2.50. The van der Waals surface area contributed by atoms with E-state index in [-0.39, 0.29) is 13.0 Å². The Labute approximate surface area is 104 Å². The molecule has 1 aromatic carbocycles. The highest BCUT2D eigenvalue weighted by molar-refractivity contribution is 6.33. The van der Waals surface area contributed by atoms with Gasteiger partial charge >= 0.3 is 5.97 Å². The second kappa shape index (κ2) is 4.53. The summed E-state index contributed by atoms with van der Waals surface area (Å²) in [4.78, 5) is 12.6. The predicted octanol–water partition coefficient (Wildman–Crippen LogP) is 2.73. The van der Waals surface area contributed by atoms with Crippen molar-refractivity contribution in [2.75, 3.05) is 18.0 Å². The van der Waals surface area contributed by atoms with Crippen LogP contribution in [0.4, 0.5) is 10.1 Å². The summed E-state index contributed by atoms with van der Waals surface area (Å²) in [6, 6.07) is 7.08. The van der Waals surface area contributed by atoms with Gasteiger partial charge in [-0.3, -0.25) is 0 Å². The molecule has 1 N–H and O–H groups in total. The zero-order valence-corrected chi connectivity index (χ0v) is 9.95. The van der Waals surface area contributed by atoms with E-state index >= 15 is 0 Å². The number of carboxylic acid groups (broad SMARTS) is 1. The number of carbonyl (C=O) groups is 1. The van der Waals surface area contributed by atoms with Crippen molar-refractivity contribution in [2.24, 2.45) is 0 Å². The Morgan fingerprint density at radius 3 is 2.82 bits per heavy atom. The van der Waals surface area contributed by atoms with E-state index in [0.29, 0.717) is 23.7 Å². The number of carboxylic acids is 1. The lowest BCUT2D eigenvalue weighted by atomic mass is 9.94. The first-order chi connectivity index (χ1) is 8.03. The Kier molecular flexibility index (Phi) is 3.24. The van der Waals surface area contributed by atoms with E-state index in [1.54, 1.807) is 29.2 Å². The third-order valence-electron chi connectivity index (χ3n) is 3.02. The number of nitrogens with zero attached hydrogens (tertiary/aromatic N) is 1. The van der Waals surface area contributed by atoms with Gasteiger partial charge in [0.15, 0.2) is 0 Å². The Balaban J connectivity index is 2.24. The van der Waals surface area contributed by atoms with E-state index in [2.05, 4.69) is 0 Å². The van der Waals surface area contributed by atoms with Gasteiger partial charge in [0.25, 0.3) is 0 Å². The molecule has 0 spiro atoms. The van der Waals surface area contributed by atoms with Gasteiger partial charge in [-0.2, -0.15) is 0 Å². The molecule has 92 valence electrons. The Bertz CT molecular complexity index is 440. The van der Waals surface area contributed by atoms with Crippen LogP contribution >= 0.6 is 11.6 Å². The van der Waals surface area contributed by atoms with Crippen LogP contribution in [0.3, 0.4) is 0 Å². The molecule has 2 rings (SSSR count). The summed E-state index contributed by atoms with van der Waals surface area (Å²) in [6.07, 6.45) is 0.567. The van der Waals surface area contributed by atoms with Crippen molar-refractivity contribution in [3.8, 4) is 0 Å². The van der Waals surface area contributed by atoms with Crippen LogP contribution in [0.5, 0.6) is 0 Å². The number of halogens is 2. The minimum Gasteiger partial charge on any atom is -0.479 e. The first-order valence-electron chi connectivity index (χ1n) is 5.45. The van der Waals surface area contributed by atoms with Crippen LogP contribution in [0.25, 0.3) is 0 Å². The molecule has 1 aromatic rings. The van der Waals surface area contributed by atoms with Crippen LogP contribution in [-0.4, -0.2) is 29.8 Å². The Morgan fingerprint density at radius 1 is 1.47 bits per heavy atom. The molecule has 5 heteroatoms. The number of rotatable bonds is 2. The van der Waals surface area contributed by atoms with Crippen molar-refractivity contribution < 1.29 is 14.3 Å². The van der Waals surface area contributed by atoms with Crippen molar-refractivity contribution in [3.63, 3.8) is 0 Å². The summed E-state index contributed by atoms with van der Waals surface area (Å²) < 4.78 is 14.1. The van der Waals surface area contributed by atoms with E-state index in [1.807, 2.05) is 0 Å². The molecule has 1 atom stereocenters. The lowest BCUT2D eigenvalue weighted by Gasteiger charge is -2.36. The van der Waals surface area contributed by atoms with Gasteiger partial charge in [-0.05, 0) is 25.0 Å². The number of hydrogen-bond acceptors (Lipinski definition) is 2. The van der Waals surface area contributed by atoms with E-state index in [0.717, 1.165) is 0 Å². The maximum Gasteiger partial charge on any atom is 0.343 e. The summed E-state index contributed by atoms with van der Waals surface area (Å²) in [5.41, 5.74) is -1.48. The Morgan fingerprint density at radius 2 is 2.18 bits per heavy atom. The highest BCUT2D eigenvalue weighted by Crippen LogP contribution is 2.32. The van der Waals surface area contributed by atoms with Gasteiger partial charge in [0.05, 0.1) is 17.3 Å². The van der Waals surface area contributed by atoms with Gasteiger partial charge in [0.2, 0.25) is 5.67 Å². The van der Waals surface area contributed by atoms with E-state index in [1.165, 1.54) is 0 Å². The van der Waals surface area contributed by atoms with E-state index < -0.39 is 11.6 Å². The molecule has 0 aliphatic carbocycles. The molecule has 1 aliphatic heterocycles. The maximum atomic E-state index is 14.1. The average molecular weight is 258 g/mol. The van der Waals surface area contributed by atoms with Gasteiger partial charge in [-0.25, -0.2) is 9.18 Å². The van der Waals surface area contributed by atoms with Crippen LogP contribution in [0, 0.1) is 0 Å². The summed E-state index contributed by atoms with van der Waals surface area (Å²) >= 11 is 6.02. The molecule has 1 aliphatic rings. The van der Waals surface area contributed by atoms with Gasteiger partial charge in [-0.1, -0.05) is 23.7 Å². The molecule has 0 saturated carbocycles. The van der Waals surface area contributed by atoms with Crippen LogP contribution in [0.2, 0.25) is 5.02 Å². The van der Waals surface area contributed by atoms with Crippen LogP contribution in [0.15, 0.2) is 24.3 Å². The maximum absolute atomic E-state index is 14.1. The molecule has 17 heavy (non-hydrogen) atoms. The monoisotopic (exact) mass is 257 g/mol. The largest absolute Gasteiger partial charge is 0.479 e. The zero-order chi connectivity index (χ0) is 12.5. The second-order valence-electron chi connectivity index (χ2n) is 4.25. The highest BCUT2D eigenvalue weighted by atomic mass is 35.5. The highest BCUT2D eigenvalue weighted by Gasteiger charge is 2.43. The quantitative estimate of drug-likeness (QED) is 0.886. The number of piperidine rings is 1. The van der Waals surface area contributed by atoms with Crippen molar-refractivity contribution in [1.29, 1.82) is 0 Å². The predicted molar refractivity (Wildman–Crippen MR) is 64.4 cm³/mol. The van der Waals surface area contributed by atoms with Crippen LogP contribution in [-0.2, 0) is 4.79 Å². The molecule has 1 unspecified atom stereocenters. The number of aliphatic carboxylic acids is 1. The fourth-order valence-electron chi connectivity index (χ4n) is 2.10. The summed E-state index contributed by atoms with van der Waals surface area (Å²) in [5.74, 6) is -1.39. The fourth-order valence-corrected chi connectivity index (χ4v) is 2.35. The number of anilines is 1. The molecule has 0 radical (unpaired) electrons. The van der Waals surface area contributed by atoms with Gasteiger partial charge in [0, 0.05) is 6.54 Å². The van der Waals surface area contributed by atoms with Gasteiger partial charge in [0.1, 0.15) is 0 Å². The lowest BCUT2D eigenvalue weighted by molar-refractivity contribution is -0.151. The summed E-state index contributed by atoms with van der Waals surface area (Å²) in [6.45, 7) is 0.481. The normalized spacial score (nSPS) is 24.7. The second-order valence-corrected chi connectivity index (χ2v) is 4.65. The smallest absolute Gasteiger partial charge is 0.343 e. The minimum atomic E-state index is -2.17. The van der Waals surface area contributed by atoms with Gasteiger partial charge in [-0.15, -0.1) is 0 Å².